The quantitative estimate of drug-likeness (QED) is 0.736. The Balaban J connectivity index is 1.75. The third-order valence-electron chi connectivity index (χ3n) is 5.92. The van der Waals surface area contributed by atoms with E-state index in [1.54, 1.807) is 33.9 Å². The molecule has 2 saturated heterocycles. The highest BCUT2D eigenvalue weighted by molar-refractivity contribution is 6.05. The minimum atomic E-state index is -0.771. The van der Waals surface area contributed by atoms with Gasteiger partial charge in [-0.3, -0.25) is 9.69 Å². The van der Waals surface area contributed by atoms with Crippen molar-refractivity contribution in [2.45, 2.75) is 31.9 Å². The van der Waals surface area contributed by atoms with Crippen LogP contribution in [0.25, 0.3) is 11.1 Å². The van der Waals surface area contributed by atoms with Gasteiger partial charge in [0.05, 0.1) is 23.1 Å². The lowest BCUT2D eigenvalue weighted by atomic mass is 9.77. The van der Waals surface area contributed by atoms with Crippen LogP contribution >= 0.6 is 0 Å². The van der Waals surface area contributed by atoms with E-state index in [1.807, 2.05) is 42.5 Å². The van der Waals surface area contributed by atoms with Crippen molar-refractivity contribution in [1.29, 1.82) is 5.26 Å². The van der Waals surface area contributed by atoms with Gasteiger partial charge >= 0.3 is 6.09 Å². The molecule has 2 aromatic rings. The number of nitrogens with one attached hydrogen (secondary N) is 2. The van der Waals surface area contributed by atoms with Gasteiger partial charge in [0.25, 0.3) is 0 Å². The second kappa shape index (κ2) is 8.34. The van der Waals surface area contributed by atoms with Crippen molar-refractivity contribution in [2.24, 2.45) is 10.9 Å². The normalized spacial score (nSPS) is 23.6. The minimum absolute atomic E-state index is 0.127. The fourth-order valence-electron chi connectivity index (χ4n) is 4.36. The SMILES string of the molecule is CN1C(=O)C2CNCC2(c2cccc(-c3cccc(C#N)c3)c2)N/C1=N/C(=O)OC(C)(C)C. The Kier molecular flexibility index (Phi) is 5.68. The highest BCUT2D eigenvalue weighted by Crippen LogP contribution is 2.38. The van der Waals surface area contributed by atoms with Crippen LogP contribution in [0.15, 0.2) is 53.5 Å². The molecular formula is C25H27N5O3. The van der Waals surface area contributed by atoms with E-state index in [0.29, 0.717) is 18.7 Å². The van der Waals surface area contributed by atoms with Crippen molar-refractivity contribution in [3.63, 3.8) is 0 Å². The lowest BCUT2D eigenvalue weighted by Crippen LogP contribution is -2.65. The number of aliphatic imine (C=N–C) groups is 1. The summed E-state index contributed by atoms with van der Waals surface area (Å²) in [4.78, 5) is 31.1. The number of hydrogen-bond donors (Lipinski definition) is 2. The van der Waals surface area contributed by atoms with Gasteiger partial charge in [-0.15, -0.1) is 4.99 Å². The van der Waals surface area contributed by atoms with Crippen LogP contribution in [0, 0.1) is 17.2 Å². The van der Waals surface area contributed by atoms with Gasteiger partial charge in [0.2, 0.25) is 11.9 Å². The maximum Gasteiger partial charge on any atom is 0.437 e. The molecule has 0 spiro atoms. The molecule has 2 fully saturated rings. The Labute approximate surface area is 193 Å². The first-order valence-electron chi connectivity index (χ1n) is 10.8. The van der Waals surface area contributed by atoms with Crippen LogP contribution < -0.4 is 10.6 Å². The molecule has 0 radical (unpaired) electrons. The topological polar surface area (TPSA) is 107 Å². The molecule has 2 heterocycles. The van der Waals surface area contributed by atoms with Crippen molar-refractivity contribution in [3.05, 3.63) is 59.7 Å². The first-order valence-corrected chi connectivity index (χ1v) is 10.8. The van der Waals surface area contributed by atoms with Gasteiger partial charge in [0, 0.05) is 20.1 Å². The first-order chi connectivity index (χ1) is 15.6. The smallest absolute Gasteiger partial charge is 0.437 e. The third kappa shape index (κ3) is 4.32. The van der Waals surface area contributed by atoms with Crippen molar-refractivity contribution < 1.29 is 14.3 Å². The van der Waals surface area contributed by atoms with Crippen molar-refractivity contribution in [1.82, 2.24) is 15.5 Å². The molecule has 170 valence electrons. The molecule has 2 amide bonds. The van der Waals surface area contributed by atoms with Gasteiger partial charge < -0.3 is 15.4 Å². The van der Waals surface area contributed by atoms with Crippen LogP contribution in [0.5, 0.6) is 0 Å². The number of ether oxygens (including phenoxy) is 1. The van der Waals surface area contributed by atoms with Gasteiger partial charge in [-0.2, -0.15) is 5.26 Å². The highest BCUT2D eigenvalue weighted by Gasteiger charge is 2.54. The maximum atomic E-state index is 13.3. The largest absolute Gasteiger partial charge is 0.442 e. The Bertz CT molecular complexity index is 1180. The maximum absolute atomic E-state index is 13.3. The van der Waals surface area contributed by atoms with Crippen LogP contribution in [0.3, 0.4) is 0 Å². The summed E-state index contributed by atoms with van der Waals surface area (Å²) in [6.07, 6.45) is -0.758. The van der Waals surface area contributed by atoms with E-state index < -0.39 is 17.2 Å². The van der Waals surface area contributed by atoms with Crippen molar-refractivity contribution in [3.8, 4) is 17.2 Å². The van der Waals surface area contributed by atoms with Gasteiger partial charge in [0.1, 0.15) is 5.60 Å². The Morgan fingerprint density at radius 3 is 2.61 bits per heavy atom. The summed E-state index contributed by atoms with van der Waals surface area (Å²) in [5, 5.41) is 16.0. The second-order valence-corrected chi connectivity index (χ2v) is 9.37. The molecule has 2 N–H and O–H groups in total. The van der Waals surface area contributed by atoms with E-state index in [4.69, 9.17) is 4.74 Å². The summed E-state index contributed by atoms with van der Waals surface area (Å²) in [6.45, 7) is 6.29. The van der Waals surface area contributed by atoms with Gasteiger partial charge in [0.15, 0.2) is 0 Å². The van der Waals surface area contributed by atoms with Crippen LogP contribution in [-0.2, 0) is 15.1 Å². The highest BCUT2D eigenvalue weighted by atomic mass is 16.6. The lowest BCUT2D eigenvalue weighted by molar-refractivity contribution is -0.133. The number of rotatable bonds is 2. The Morgan fingerprint density at radius 2 is 1.91 bits per heavy atom. The van der Waals surface area contributed by atoms with E-state index in [1.165, 1.54) is 4.90 Å². The fraction of sp³-hybridized carbons (Fsp3) is 0.360. The fourth-order valence-corrected chi connectivity index (χ4v) is 4.36. The first kappa shape index (κ1) is 22.5. The van der Waals surface area contributed by atoms with Crippen LogP contribution in [0.1, 0.15) is 31.9 Å². The van der Waals surface area contributed by atoms with Gasteiger partial charge in [-0.05, 0) is 55.7 Å². The monoisotopic (exact) mass is 445 g/mol. The van der Waals surface area contributed by atoms with Gasteiger partial charge in [-0.1, -0.05) is 30.3 Å². The third-order valence-corrected chi connectivity index (χ3v) is 5.92. The number of hydrogen-bond acceptors (Lipinski definition) is 5. The van der Waals surface area contributed by atoms with E-state index >= 15 is 0 Å². The van der Waals surface area contributed by atoms with Crippen molar-refractivity contribution >= 4 is 18.0 Å². The molecule has 8 heteroatoms. The Hall–Kier alpha value is -3.70. The standard InChI is InChI=1S/C25H27N5O3/c1-24(2,3)33-23(32)28-22-29-25(15-27-14-20(25)21(31)30(22)4)19-10-6-9-18(12-19)17-8-5-7-16(11-17)13-26/h5-12,20,27H,14-15H2,1-4H3,(H,28,29,32). The number of fused-ring (bicyclic) bond motifs is 1. The molecule has 0 aliphatic carbocycles. The lowest BCUT2D eigenvalue weighted by Gasteiger charge is -2.44. The molecule has 0 bridgehead atoms. The molecule has 2 atom stereocenters. The molecule has 2 unspecified atom stereocenters. The molecule has 2 aliphatic rings. The predicted octanol–water partition coefficient (Wildman–Crippen LogP) is 2.99. The van der Waals surface area contributed by atoms with E-state index in [9.17, 15) is 14.9 Å². The zero-order valence-corrected chi connectivity index (χ0v) is 19.2. The van der Waals surface area contributed by atoms with Gasteiger partial charge in [-0.25, -0.2) is 4.79 Å². The number of benzene rings is 2. The van der Waals surface area contributed by atoms with Crippen molar-refractivity contribution in [2.75, 3.05) is 20.1 Å². The van der Waals surface area contributed by atoms with Crippen LogP contribution in [0.2, 0.25) is 0 Å². The number of nitrogens with zero attached hydrogens (tertiary/aromatic N) is 3. The number of amides is 2. The molecule has 4 rings (SSSR count). The number of carbonyl (C=O) groups is 2. The summed E-state index contributed by atoms with van der Waals surface area (Å²) in [5.41, 5.74) is 1.86. The number of guanidine groups is 1. The van der Waals surface area contributed by atoms with E-state index in [-0.39, 0.29) is 17.8 Å². The number of nitriles is 1. The summed E-state index contributed by atoms with van der Waals surface area (Å²) in [5.74, 6) is -0.343. The molecule has 2 aliphatic heterocycles. The predicted molar refractivity (Wildman–Crippen MR) is 124 cm³/mol. The zero-order chi connectivity index (χ0) is 23.8. The van der Waals surface area contributed by atoms with Crippen LogP contribution in [0.4, 0.5) is 4.79 Å². The minimum Gasteiger partial charge on any atom is -0.442 e. The van der Waals surface area contributed by atoms with E-state index in [0.717, 1.165) is 16.7 Å². The summed E-state index contributed by atoms with van der Waals surface area (Å²) < 4.78 is 5.33. The summed E-state index contributed by atoms with van der Waals surface area (Å²) in [7, 11) is 1.60. The average molecular weight is 446 g/mol. The molecule has 0 aromatic heterocycles. The second-order valence-electron chi connectivity index (χ2n) is 9.37. The molecular weight excluding hydrogens is 418 g/mol. The summed E-state index contributed by atoms with van der Waals surface area (Å²) >= 11 is 0. The molecule has 8 nitrogen and oxygen atoms in total. The zero-order valence-electron chi connectivity index (χ0n) is 19.2. The number of carbonyl (C=O) groups excluding carboxylic acids is 2. The van der Waals surface area contributed by atoms with E-state index in [2.05, 4.69) is 21.7 Å². The molecule has 33 heavy (non-hydrogen) atoms. The summed E-state index contributed by atoms with van der Waals surface area (Å²) in [6, 6.07) is 17.5. The molecule has 2 aromatic carbocycles. The van der Waals surface area contributed by atoms with Crippen LogP contribution in [-0.4, -0.2) is 48.6 Å². The Morgan fingerprint density at radius 1 is 1.21 bits per heavy atom. The molecule has 0 saturated carbocycles. The average Bonchev–Trinajstić information content (AvgIpc) is 3.21.